The molecular weight excluding hydrogens is 194 g/mol. The number of carbonyl (C=O) groups excluding carboxylic acids is 1. The lowest BCUT2D eigenvalue weighted by Gasteiger charge is -1.97. The molecule has 1 saturated heterocycles. The maximum atomic E-state index is 11.7. The number of ketones is 1. The maximum absolute atomic E-state index is 11.7. The summed E-state index contributed by atoms with van der Waals surface area (Å²) in [6, 6.07) is 9.33. The van der Waals surface area contributed by atoms with Crippen LogP contribution in [0.25, 0.3) is 0 Å². The Bertz CT molecular complexity index is 351. The summed E-state index contributed by atoms with van der Waals surface area (Å²) in [7, 11) is 0. The maximum Gasteiger partial charge on any atom is 0.188 e. The van der Waals surface area contributed by atoms with Crippen LogP contribution in [0.4, 0.5) is 0 Å². The monoisotopic (exact) mass is 205 g/mol. The highest BCUT2D eigenvalue weighted by Crippen LogP contribution is 2.18. The average molecular weight is 205 g/mol. The van der Waals surface area contributed by atoms with Gasteiger partial charge in [0, 0.05) is 23.9 Å². The van der Waals surface area contributed by atoms with Crippen molar-refractivity contribution in [1.82, 2.24) is 5.32 Å². The molecular formula is C11H11NOS. The molecule has 1 aromatic carbocycles. The normalized spacial score (nSPS) is 18.1. The Kier molecular flexibility index (Phi) is 2.89. The fourth-order valence-electron chi connectivity index (χ4n) is 1.28. The van der Waals surface area contributed by atoms with Gasteiger partial charge in [-0.25, -0.2) is 0 Å². The fraction of sp³-hybridized carbons (Fsp3) is 0.182. The standard InChI is InChI=1S/C11H11NOS/c13-10(8-11-12-6-7-14-11)9-4-2-1-3-5-9/h1-5,8,12H,6-7H2/b11-8+. The summed E-state index contributed by atoms with van der Waals surface area (Å²) in [6.07, 6.45) is 1.67. The molecule has 1 aliphatic rings. The SMILES string of the molecule is O=C(/C=C1\NCCS1)c1ccccc1. The zero-order chi connectivity index (χ0) is 9.80. The second-order valence-electron chi connectivity index (χ2n) is 3.01. The Balaban J connectivity index is 2.13. The molecule has 0 amide bonds. The molecule has 1 aromatic rings. The number of benzene rings is 1. The third-order valence-corrected chi connectivity index (χ3v) is 2.96. The second kappa shape index (κ2) is 4.33. The van der Waals surface area contributed by atoms with Crippen molar-refractivity contribution >= 4 is 17.5 Å². The first kappa shape index (κ1) is 9.34. The fourth-order valence-corrected chi connectivity index (χ4v) is 2.10. The lowest BCUT2D eigenvalue weighted by Crippen LogP contribution is -2.06. The molecule has 0 unspecified atom stereocenters. The Morgan fingerprint density at radius 3 is 2.79 bits per heavy atom. The van der Waals surface area contributed by atoms with Crippen molar-refractivity contribution in [2.45, 2.75) is 0 Å². The van der Waals surface area contributed by atoms with E-state index >= 15 is 0 Å². The summed E-state index contributed by atoms with van der Waals surface area (Å²) >= 11 is 1.69. The van der Waals surface area contributed by atoms with Crippen LogP contribution in [0.3, 0.4) is 0 Å². The highest BCUT2D eigenvalue weighted by molar-refractivity contribution is 8.03. The van der Waals surface area contributed by atoms with Gasteiger partial charge in [-0.2, -0.15) is 0 Å². The van der Waals surface area contributed by atoms with Gasteiger partial charge in [0.05, 0.1) is 5.03 Å². The Morgan fingerprint density at radius 2 is 2.14 bits per heavy atom. The Hall–Kier alpha value is -1.22. The van der Waals surface area contributed by atoms with E-state index in [-0.39, 0.29) is 5.78 Å². The number of thioether (sulfide) groups is 1. The molecule has 1 fully saturated rings. The van der Waals surface area contributed by atoms with Crippen LogP contribution in [0, 0.1) is 0 Å². The minimum Gasteiger partial charge on any atom is -0.379 e. The number of hydrogen-bond acceptors (Lipinski definition) is 3. The molecule has 0 aliphatic carbocycles. The van der Waals surface area contributed by atoms with Gasteiger partial charge in [0.25, 0.3) is 0 Å². The van der Waals surface area contributed by atoms with Crippen molar-refractivity contribution in [3.05, 3.63) is 47.0 Å². The van der Waals surface area contributed by atoms with E-state index in [1.54, 1.807) is 17.8 Å². The molecule has 3 heteroatoms. The summed E-state index contributed by atoms with van der Waals surface area (Å²) in [5, 5.41) is 4.15. The first-order chi connectivity index (χ1) is 6.86. The zero-order valence-electron chi connectivity index (χ0n) is 7.69. The summed E-state index contributed by atoms with van der Waals surface area (Å²) in [5.41, 5.74) is 0.745. The van der Waals surface area contributed by atoms with Gasteiger partial charge >= 0.3 is 0 Å². The second-order valence-corrected chi connectivity index (χ2v) is 4.15. The van der Waals surface area contributed by atoms with Crippen LogP contribution >= 0.6 is 11.8 Å². The number of carbonyl (C=O) groups is 1. The largest absolute Gasteiger partial charge is 0.379 e. The van der Waals surface area contributed by atoms with Crippen molar-refractivity contribution in [3.8, 4) is 0 Å². The predicted octanol–water partition coefficient (Wildman–Crippen LogP) is 2.05. The van der Waals surface area contributed by atoms with E-state index in [0.717, 1.165) is 22.9 Å². The van der Waals surface area contributed by atoms with Crippen LogP contribution in [0.15, 0.2) is 41.4 Å². The third-order valence-electron chi connectivity index (χ3n) is 1.98. The topological polar surface area (TPSA) is 29.1 Å². The molecule has 1 aliphatic heterocycles. The van der Waals surface area contributed by atoms with E-state index in [4.69, 9.17) is 0 Å². The minimum atomic E-state index is 0.0718. The van der Waals surface area contributed by atoms with Crippen LogP contribution in [-0.2, 0) is 0 Å². The van der Waals surface area contributed by atoms with Crippen LogP contribution in [-0.4, -0.2) is 18.1 Å². The Morgan fingerprint density at radius 1 is 1.36 bits per heavy atom. The van der Waals surface area contributed by atoms with Crippen LogP contribution < -0.4 is 5.32 Å². The third kappa shape index (κ3) is 2.17. The molecule has 1 heterocycles. The first-order valence-corrected chi connectivity index (χ1v) is 5.52. The van der Waals surface area contributed by atoms with Crippen molar-refractivity contribution in [3.63, 3.8) is 0 Å². The van der Waals surface area contributed by atoms with Crippen molar-refractivity contribution in [1.29, 1.82) is 0 Å². The summed E-state index contributed by atoms with van der Waals surface area (Å²) in [4.78, 5) is 11.7. The van der Waals surface area contributed by atoms with Gasteiger partial charge in [-0.1, -0.05) is 30.3 Å². The molecule has 1 N–H and O–H groups in total. The lowest BCUT2D eigenvalue weighted by atomic mass is 10.1. The molecule has 0 aromatic heterocycles. The van der Waals surface area contributed by atoms with Gasteiger partial charge in [0.15, 0.2) is 5.78 Å². The Labute approximate surface area is 87.4 Å². The molecule has 2 rings (SSSR count). The van der Waals surface area contributed by atoms with Gasteiger partial charge in [-0.05, 0) is 0 Å². The van der Waals surface area contributed by atoms with Crippen molar-refractivity contribution in [2.24, 2.45) is 0 Å². The smallest absolute Gasteiger partial charge is 0.188 e. The van der Waals surface area contributed by atoms with Gasteiger partial charge < -0.3 is 5.32 Å². The van der Waals surface area contributed by atoms with Crippen LogP contribution in [0.5, 0.6) is 0 Å². The highest BCUT2D eigenvalue weighted by atomic mass is 32.2. The number of nitrogens with one attached hydrogen (secondary N) is 1. The van der Waals surface area contributed by atoms with Gasteiger partial charge in [-0.15, -0.1) is 11.8 Å². The summed E-state index contributed by atoms with van der Waals surface area (Å²) < 4.78 is 0. The van der Waals surface area contributed by atoms with E-state index < -0.39 is 0 Å². The average Bonchev–Trinajstić information content (AvgIpc) is 2.72. The van der Waals surface area contributed by atoms with E-state index in [9.17, 15) is 4.79 Å². The van der Waals surface area contributed by atoms with E-state index in [1.807, 2.05) is 30.3 Å². The first-order valence-electron chi connectivity index (χ1n) is 4.54. The van der Waals surface area contributed by atoms with E-state index in [0.29, 0.717) is 0 Å². The van der Waals surface area contributed by atoms with Crippen molar-refractivity contribution in [2.75, 3.05) is 12.3 Å². The molecule has 72 valence electrons. The molecule has 0 spiro atoms. The van der Waals surface area contributed by atoms with E-state index in [2.05, 4.69) is 5.32 Å². The highest BCUT2D eigenvalue weighted by Gasteiger charge is 2.08. The van der Waals surface area contributed by atoms with Crippen LogP contribution in [0.1, 0.15) is 10.4 Å². The molecule has 0 atom stereocenters. The van der Waals surface area contributed by atoms with Gasteiger partial charge in [0.2, 0.25) is 0 Å². The summed E-state index contributed by atoms with van der Waals surface area (Å²) in [6.45, 7) is 0.957. The minimum absolute atomic E-state index is 0.0718. The number of hydrogen-bond donors (Lipinski definition) is 1. The van der Waals surface area contributed by atoms with Crippen molar-refractivity contribution < 1.29 is 4.79 Å². The van der Waals surface area contributed by atoms with E-state index in [1.165, 1.54) is 0 Å². The quantitative estimate of drug-likeness (QED) is 0.592. The number of allylic oxidation sites excluding steroid dienone is 1. The lowest BCUT2D eigenvalue weighted by molar-refractivity contribution is 0.104. The van der Waals surface area contributed by atoms with Gasteiger partial charge in [-0.3, -0.25) is 4.79 Å². The zero-order valence-corrected chi connectivity index (χ0v) is 8.51. The predicted molar refractivity (Wildman–Crippen MR) is 59.3 cm³/mol. The van der Waals surface area contributed by atoms with Gasteiger partial charge in [0.1, 0.15) is 0 Å². The molecule has 0 bridgehead atoms. The summed E-state index contributed by atoms with van der Waals surface area (Å²) in [5.74, 6) is 1.12. The molecule has 0 radical (unpaired) electrons. The van der Waals surface area contributed by atoms with Crippen LogP contribution in [0.2, 0.25) is 0 Å². The molecule has 2 nitrogen and oxygen atoms in total. The molecule has 0 saturated carbocycles. The number of rotatable bonds is 2. The molecule has 14 heavy (non-hydrogen) atoms.